The topological polar surface area (TPSA) is 37.6 Å². The molecular formula is C19H20BrN3OS. The number of thiazole rings is 1. The molecule has 0 atom stereocenters. The number of amides is 1. The smallest absolute Gasteiger partial charge is 0.279 e. The number of rotatable bonds is 4. The molecule has 0 aliphatic heterocycles. The maximum atomic E-state index is 12.6. The average Bonchev–Trinajstić information content (AvgIpc) is 2.91. The van der Waals surface area contributed by atoms with Crippen molar-refractivity contribution in [1.82, 2.24) is 4.57 Å². The minimum atomic E-state index is -0.208. The molecule has 0 N–H and O–H groups in total. The number of hydrogen-bond acceptors (Lipinski definition) is 3. The molecule has 0 saturated heterocycles. The zero-order chi connectivity index (χ0) is 18.0. The summed E-state index contributed by atoms with van der Waals surface area (Å²) in [6, 6.07) is 13.7. The number of carbonyl (C=O) groups excluding carboxylic acids is 1. The Labute approximate surface area is 159 Å². The van der Waals surface area contributed by atoms with Gasteiger partial charge in [0.1, 0.15) is 0 Å². The van der Waals surface area contributed by atoms with Gasteiger partial charge in [0, 0.05) is 36.4 Å². The van der Waals surface area contributed by atoms with E-state index in [1.165, 1.54) is 0 Å². The molecule has 130 valence electrons. The highest BCUT2D eigenvalue weighted by Crippen LogP contribution is 2.22. The van der Waals surface area contributed by atoms with E-state index in [2.05, 4.69) is 44.5 Å². The second-order valence-corrected chi connectivity index (χ2v) is 7.93. The first-order valence-electron chi connectivity index (χ1n) is 8.15. The van der Waals surface area contributed by atoms with Crippen molar-refractivity contribution in [3.8, 4) is 0 Å². The molecule has 0 fully saturated rings. The van der Waals surface area contributed by atoms with E-state index in [-0.39, 0.29) is 5.91 Å². The van der Waals surface area contributed by atoms with E-state index < -0.39 is 0 Å². The van der Waals surface area contributed by atoms with Crippen LogP contribution in [0, 0.1) is 0 Å². The quantitative estimate of drug-likeness (QED) is 0.617. The summed E-state index contributed by atoms with van der Waals surface area (Å²) in [5.74, 6) is -0.208. The van der Waals surface area contributed by atoms with Gasteiger partial charge in [-0.25, -0.2) is 0 Å². The van der Waals surface area contributed by atoms with E-state index in [0.29, 0.717) is 5.56 Å². The summed E-state index contributed by atoms with van der Waals surface area (Å²) < 4.78 is 4.28. The molecule has 0 aliphatic carbocycles. The Morgan fingerprint density at radius 1 is 1.20 bits per heavy atom. The molecule has 0 saturated carbocycles. The third-order valence-electron chi connectivity index (χ3n) is 3.92. The largest absolute Gasteiger partial charge is 0.378 e. The summed E-state index contributed by atoms with van der Waals surface area (Å²) in [5.41, 5.74) is 2.78. The molecule has 6 heteroatoms. The van der Waals surface area contributed by atoms with Crippen molar-refractivity contribution >= 4 is 49.1 Å². The first-order valence-corrected chi connectivity index (χ1v) is 9.76. The zero-order valence-corrected chi connectivity index (χ0v) is 16.9. The van der Waals surface area contributed by atoms with Crippen molar-refractivity contribution in [3.05, 3.63) is 57.3 Å². The SMILES string of the molecule is CCCn1c(=NC(=O)c2ccc(N(C)C)cc2)sc2cc(Br)ccc21. The molecule has 1 aromatic heterocycles. The van der Waals surface area contributed by atoms with Gasteiger partial charge >= 0.3 is 0 Å². The Balaban J connectivity index is 2.04. The fourth-order valence-corrected chi connectivity index (χ4v) is 4.23. The van der Waals surface area contributed by atoms with Crippen molar-refractivity contribution in [2.45, 2.75) is 19.9 Å². The van der Waals surface area contributed by atoms with E-state index >= 15 is 0 Å². The third-order valence-corrected chi connectivity index (χ3v) is 5.45. The van der Waals surface area contributed by atoms with Crippen molar-refractivity contribution in [2.24, 2.45) is 4.99 Å². The van der Waals surface area contributed by atoms with E-state index in [9.17, 15) is 4.79 Å². The minimum absolute atomic E-state index is 0.208. The van der Waals surface area contributed by atoms with Crippen molar-refractivity contribution < 1.29 is 4.79 Å². The molecular weight excluding hydrogens is 398 g/mol. The van der Waals surface area contributed by atoms with Crippen LogP contribution < -0.4 is 9.70 Å². The molecule has 1 heterocycles. The number of fused-ring (bicyclic) bond motifs is 1. The fraction of sp³-hybridized carbons (Fsp3) is 0.263. The van der Waals surface area contributed by atoms with E-state index in [1.54, 1.807) is 11.3 Å². The molecule has 0 bridgehead atoms. The van der Waals surface area contributed by atoms with Crippen LogP contribution in [0.3, 0.4) is 0 Å². The molecule has 1 amide bonds. The molecule has 2 aromatic carbocycles. The van der Waals surface area contributed by atoms with Crippen LogP contribution >= 0.6 is 27.3 Å². The van der Waals surface area contributed by atoms with Crippen LogP contribution in [0.15, 0.2) is 51.9 Å². The Morgan fingerprint density at radius 2 is 1.92 bits per heavy atom. The van der Waals surface area contributed by atoms with E-state index in [4.69, 9.17) is 0 Å². The van der Waals surface area contributed by atoms with Crippen molar-refractivity contribution in [1.29, 1.82) is 0 Å². The lowest BCUT2D eigenvalue weighted by Crippen LogP contribution is -2.17. The summed E-state index contributed by atoms with van der Waals surface area (Å²) in [6.45, 7) is 2.97. The highest BCUT2D eigenvalue weighted by atomic mass is 79.9. The van der Waals surface area contributed by atoms with Crippen LogP contribution in [-0.2, 0) is 6.54 Å². The van der Waals surface area contributed by atoms with Gasteiger partial charge in [0.15, 0.2) is 4.80 Å². The zero-order valence-electron chi connectivity index (χ0n) is 14.5. The Hall–Kier alpha value is -1.92. The van der Waals surface area contributed by atoms with Crippen molar-refractivity contribution in [3.63, 3.8) is 0 Å². The van der Waals surface area contributed by atoms with Crippen LogP contribution in [-0.4, -0.2) is 24.6 Å². The number of halogens is 1. The molecule has 0 radical (unpaired) electrons. The second-order valence-electron chi connectivity index (χ2n) is 6.01. The van der Waals surface area contributed by atoms with Crippen LogP contribution in [0.25, 0.3) is 10.2 Å². The van der Waals surface area contributed by atoms with Gasteiger partial charge in [0.25, 0.3) is 5.91 Å². The number of carbonyl (C=O) groups is 1. The summed E-state index contributed by atoms with van der Waals surface area (Å²) in [7, 11) is 3.95. The van der Waals surface area contributed by atoms with Crippen LogP contribution in [0.1, 0.15) is 23.7 Å². The Kier molecular flexibility index (Phi) is 5.39. The molecule has 4 nitrogen and oxygen atoms in total. The summed E-state index contributed by atoms with van der Waals surface area (Å²) >= 11 is 5.05. The lowest BCUT2D eigenvalue weighted by atomic mass is 10.2. The monoisotopic (exact) mass is 417 g/mol. The lowest BCUT2D eigenvalue weighted by molar-refractivity contribution is 0.0998. The van der Waals surface area contributed by atoms with Gasteiger partial charge in [0.05, 0.1) is 10.2 Å². The van der Waals surface area contributed by atoms with E-state index in [0.717, 1.165) is 38.1 Å². The highest BCUT2D eigenvalue weighted by molar-refractivity contribution is 9.10. The fourth-order valence-electron chi connectivity index (χ4n) is 2.63. The molecule has 25 heavy (non-hydrogen) atoms. The standard InChI is InChI=1S/C19H20BrN3OS/c1-4-11-23-16-10-7-14(20)12-17(16)25-19(23)21-18(24)13-5-8-15(9-6-13)22(2)3/h5-10,12H,4,11H2,1-3H3. The van der Waals surface area contributed by atoms with Gasteiger partial charge in [-0.1, -0.05) is 34.2 Å². The molecule has 0 unspecified atom stereocenters. The van der Waals surface area contributed by atoms with Crippen LogP contribution in [0.4, 0.5) is 5.69 Å². The number of nitrogens with zero attached hydrogens (tertiary/aromatic N) is 3. The first-order chi connectivity index (χ1) is 12.0. The van der Waals surface area contributed by atoms with Gasteiger partial charge in [-0.3, -0.25) is 4.79 Å². The second kappa shape index (κ2) is 7.54. The predicted octanol–water partition coefficient (Wildman–Crippen LogP) is 4.68. The lowest BCUT2D eigenvalue weighted by Gasteiger charge is -2.11. The minimum Gasteiger partial charge on any atom is -0.378 e. The number of aromatic nitrogens is 1. The van der Waals surface area contributed by atoms with E-state index in [1.807, 2.05) is 49.3 Å². The summed E-state index contributed by atoms with van der Waals surface area (Å²) in [4.78, 5) is 19.8. The third kappa shape index (κ3) is 3.85. The number of hydrogen-bond donors (Lipinski definition) is 0. The van der Waals surface area contributed by atoms with Gasteiger partial charge < -0.3 is 9.47 Å². The van der Waals surface area contributed by atoms with Gasteiger partial charge in [0.2, 0.25) is 0 Å². The normalized spacial score (nSPS) is 11.9. The highest BCUT2D eigenvalue weighted by Gasteiger charge is 2.09. The summed E-state index contributed by atoms with van der Waals surface area (Å²) in [5, 5.41) is 0. The maximum absolute atomic E-state index is 12.6. The molecule has 3 aromatic rings. The Morgan fingerprint density at radius 3 is 2.56 bits per heavy atom. The van der Waals surface area contributed by atoms with Gasteiger partial charge in [-0.15, -0.1) is 0 Å². The average molecular weight is 418 g/mol. The predicted molar refractivity (Wildman–Crippen MR) is 108 cm³/mol. The number of aryl methyl sites for hydroxylation is 1. The van der Waals surface area contributed by atoms with Gasteiger partial charge in [-0.2, -0.15) is 4.99 Å². The summed E-state index contributed by atoms with van der Waals surface area (Å²) in [6.07, 6.45) is 0.987. The van der Waals surface area contributed by atoms with Crippen LogP contribution in [0.5, 0.6) is 0 Å². The molecule has 0 spiro atoms. The van der Waals surface area contributed by atoms with Crippen molar-refractivity contribution in [2.75, 3.05) is 19.0 Å². The number of anilines is 1. The molecule has 3 rings (SSSR count). The number of benzene rings is 2. The first kappa shape index (κ1) is 17.9. The maximum Gasteiger partial charge on any atom is 0.279 e. The molecule has 0 aliphatic rings. The Bertz CT molecular complexity index is 970. The van der Waals surface area contributed by atoms with Crippen LogP contribution in [0.2, 0.25) is 0 Å². The van der Waals surface area contributed by atoms with Gasteiger partial charge in [-0.05, 0) is 48.9 Å².